The first kappa shape index (κ1) is 19.3. The van der Waals surface area contributed by atoms with Crippen molar-refractivity contribution in [3.8, 4) is 5.75 Å². The summed E-state index contributed by atoms with van der Waals surface area (Å²) in [4.78, 5) is 19.0. The van der Waals surface area contributed by atoms with Crippen LogP contribution in [-0.2, 0) is 10.3 Å². The van der Waals surface area contributed by atoms with Gasteiger partial charge >= 0.3 is 6.61 Å². The van der Waals surface area contributed by atoms with Gasteiger partial charge in [-0.25, -0.2) is 9.38 Å². The molecule has 1 fully saturated rings. The van der Waals surface area contributed by atoms with Gasteiger partial charge in [0.05, 0.1) is 0 Å². The van der Waals surface area contributed by atoms with Gasteiger partial charge in [0.2, 0.25) is 0 Å². The van der Waals surface area contributed by atoms with Crippen LogP contribution in [0.3, 0.4) is 0 Å². The highest BCUT2D eigenvalue weighted by atomic mass is 19.3. The first-order chi connectivity index (χ1) is 13.7. The number of ether oxygens (including phenoxy) is 1. The second-order valence-corrected chi connectivity index (χ2v) is 7.41. The van der Waals surface area contributed by atoms with Crippen molar-refractivity contribution in [1.29, 1.82) is 0 Å². The Kier molecular flexibility index (Phi) is 4.52. The lowest BCUT2D eigenvalue weighted by Gasteiger charge is -2.27. The van der Waals surface area contributed by atoms with E-state index in [9.17, 15) is 18.0 Å². The maximum absolute atomic E-state index is 14.3. The molecule has 4 rings (SSSR count). The molecule has 1 saturated carbocycles. The molecule has 1 heterocycles. The molecular formula is C21H20F3N3O2. The second kappa shape index (κ2) is 6.79. The molecule has 1 aliphatic carbocycles. The minimum Gasteiger partial charge on any atom is -0.435 e. The molecule has 0 bridgehead atoms. The average molecular weight is 403 g/mol. The van der Waals surface area contributed by atoms with Crippen LogP contribution < -0.4 is 10.5 Å². The number of hydrogen-bond acceptors (Lipinski definition) is 4. The van der Waals surface area contributed by atoms with Crippen molar-refractivity contribution < 1.29 is 22.7 Å². The lowest BCUT2D eigenvalue weighted by Crippen LogP contribution is -2.41. The van der Waals surface area contributed by atoms with E-state index in [1.807, 2.05) is 0 Å². The van der Waals surface area contributed by atoms with E-state index < -0.39 is 18.1 Å². The predicted molar refractivity (Wildman–Crippen MR) is 101 cm³/mol. The Bertz CT molecular complexity index is 1020. The summed E-state index contributed by atoms with van der Waals surface area (Å²) in [7, 11) is 1.51. The fourth-order valence-corrected chi connectivity index (χ4v) is 3.76. The van der Waals surface area contributed by atoms with Gasteiger partial charge in [0.25, 0.3) is 5.91 Å². The van der Waals surface area contributed by atoms with Crippen molar-refractivity contribution >= 4 is 11.9 Å². The lowest BCUT2D eigenvalue weighted by molar-refractivity contribution is -0.129. The number of amides is 1. The standard InChI is InChI=1S/C21H20F3N3O2/c1-11-9-13(6-8-17(11)29-19(23)24)21(18(28)27(2)20(25)26-21)14-5-7-16(22)15(10-14)12-3-4-12/h5-10,12,19H,3-4H2,1-2H3,(H2,25,26)/t21-/m0/s1. The highest BCUT2D eigenvalue weighted by molar-refractivity contribution is 6.09. The number of halogens is 3. The number of nitrogens with zero attached hydrogens (tertiary/aromatic N) is 2. The number of guanidine groups is 1. The highest BCUT2D eigenvalue weighted by Gasteiger charge is 2.50. The zero-order valence-electron chi connectivity index (χ0n) is 16.0. The van der Waals surface area contributed by atoms with Crippen LogP contribution in [0.25, 0.3) is 0 Å². The molecule has 1 aliphatic heterocycles. The van der Waals surface area contributed by atoms with Crippen LogP contribution in [0, 0.1) is 12.7 Å². The van der Waals surface area contributed by atoms with Crippen LogP contribution >= 0.6 is 0 Å². The smallest absolute Gasteiger partial charge is 0.387 e. The van der Waals surface area contributed by atoms with E-state index in [1.54, 1.807) is 19.1 Å². The van der Waals surface area contributed by atoms with Gasteiger partial charge in [0.1, 0.15) is 11.6 Å². The van der Waals surface area contributed by atoms with E-state index in [1.165, 1.54) is 36.2 Å². The maximum Gasteiger partial charge on any atom is 0.387 e. The number of carbonyl (C=O) groups excluding carboxylic acids is 1. The quantitative estimate of drug-likeness (QED) is 0.829. The summed E-state index contributed by atoms with van der Waals surface area (Å²) >= 11 is 0. The molecule has 5 nitrogen and oxygen atoms in total. The molecule has 2 aliphatic rings. The zero-order valence-corrected chi connectivity index (χ0v) is 16.0. The zero-order chi connectivity index (χ0) is 20.9. The topological polar surface area (TPSA) is 67.9 Å². The third-order valence-corrected chi connectivity index (χ3v) is 5.48. The van der Waals surface area contributed by atoms with E-state index in [4.69, 9.17) is 5.73 Å². The number of carbonyl (C=O) groups is 1. The van der Waals surface area contributed by atoms with Crippen LogP contribution in [0.4, 0.5) is 13.2 Å². The van der Waals surface area contributed by atoms with Gasteiger partial charge in [-0.2, -0.15) is 8.78 Å². The number of aryl methyl sites for hydroxylation is 1. The molecule has 29 heavy (non-hydrogen) atoms. The first-order valence-electron chi connectivity index (χ1n) is 9.23. The Hall–Kier alpha value is -3.03. The van der Waals surface area contributed by atoms with Gasteiger partial charge in [0.15, 0.2) is 11.5 Å². The summed E-state index contributed by atoms with van der Waals surface area (Å²) in [6.45, 7) is -1.36. The van der Waals surface area contributed by atoms with Crippen molar-refractivity contribution in [2.45, 2.75) is 37.8 Å². The Morgan fingerprint density at radius 2 is 1.86 bits per heavy atom. The first-order valence-corrected chi connectivity index (χ1v) is 9.23. The molecule has 1 atom stereocenters. The lowest BCUT2D eigenvalue weighted by atomic mass is 9.81. The van der Waals surface area contributed by atoms with Crippen molar-refractivity contribution in [3.63, 3.8) is 0 Å². The molecule has 0 radical (unpaired) electrons. The summed E-state index contributed by atoms with van der Waals surface area (Å²) in [6, 6.07) is 8.99. The summed E-state index contributed by atoms with van der Waals surface area (Å²) < 4.78 is 44.1. The van der Waals surface area contributed by atoms with E-state index in [0.717, 1.165) is 12.8 Å². The van der Waals surface area contributed by atoms with Crippen LogP contribution in [0.1, 0.15) is 41.0 Å². The fourth-order valence-electron chi connectivity index (χ4n) is 3.76. The fraction of sp³-hybridized carbons (Fsp3) is 0.333. The molecular weight excluding hydrogens is 383 g/mol. The number of nitrogens with two attached hydrogens (primary N) is 1. The Labute approximate surface area is 166 Å². The van der Waals surface area contributed by atoms with E-state index in [0.29, 0.717) is 22.3 Å². The number of alkyl halides is 2. The van der Waals surface area contributed by atoms with Gasteiger partial charge in [-0.15, -0.1) is 0 Å². The van der Waals surface area contributed by atoms with E-state index >= 15 is 0 Å². The van der Waals surface area contributed by atoms with E-state index in [2.05, 4.69) is 9.73 Å². The Balaban J connectivity index is 1.89. The number of likely N-dealkylation sites (N-methyl/N-ethyl adjacent to an activating group) is 1. The molecule has 0 aromatic heterocycles. The Morgan fingerprint density at radius 3 is 2.41 bits per heavy atom. The number of aliphatic imine (C=N–C) groups is 1. The Morgan fingerprint density at radius 1 is 1.21 bits per heavy atom. The summed E-state index contributed by atoms with van der Waals surface area (Å²) in [5, 5.41) is 0. The van der Waals surface area contributed by atoms with Gasteiger partial charge < -0.3 is 10.5 Å². The van der Waals surface area contributed by atoms with Gasteiger partial charge in [-0.05, 0) is 72.2 Å². The summed E-state index contributed by atoms with van der Waals surface area (Å²) in [5.74, 6) is -0.555. The average Bonchev–Trinajstić information content (AvgIpc) is 3.48. The van der Waals surface area contributed by atoms with Crippen molar-refractivity contribution in [2.24, 2.45) is 10.7 Å². The van der Waals surface area contributed by atoms with Gasteiger partial charge in [-0.1, -0.05) is 12.1 Å². The normalized spacial score (nSPS) is 21.7. The van der Waals surface area contributed by atoms with Crippen molar-refractivity contribution in [3.05, 3.63) is 64.5 Å². The van der Waals surface area contributed by atoms with Crippen molar-refractivity contribution in [1.82, 2.24) is 4.90 Å². The SMILES string of the molecule is Cc1cc([C@@]2(c3ccc(F)c(C4CC4)c3)N=C(N)N(C)C2=O)ccc1OC(F)F. The number of benzene rings is 2. The minimum absolute atomic E-state index is 0.00688. The number of hydrogen-bond donors (Lipinski definition) is 1. The molecule has 2 aromatic carbocycles. The molecule has 0 spiro atoms. The monoisotopic (exact) mass is 403 g/mol. The predicted octanol–water partition coefficient (Wildman–Crippen LogP) is 3.64. The van der Waals surface area contributed by atoms with Crippen LogP contribution in [-0.4, -0.2) is 30.4 Å². The third-order valence-electron chi connectivity index (χ3n) is 5.48. The molecule has 0 saturated heterocycles. The molecule has 2 aromatic rings. The van der Waals surface area contributed by atoms with Gasteiger partial charge in [0, 0.05) is 7.05 Å². The van der Waals surface area contributed by atoms with Crippen molar-refractivity contribution in [2.75, 3.05) is 7.05 Å². The molecule has 8 heteroatoms. The van der Waals surface area contributed by atoms with E-state index in [-0.39, 0.29) is 23.4 Å². The molecule has 152 valence electrons. The van der Waals surface area contributed by atoms with Crippen LogP contribution in [0.2, 0.25) is 0 Å². The van der Waals surface area contributed by atoms with Crippen LogP contribution in [0.15, 0.2) is 41.4 Å². The minimum atomic E-state index is -2.96. The molecule has 0 unspecified atom stereocenters. The molecule has 1 amide bonds. The largest absolute Gasteiger partial charge is 0.435 e. The molecule has 2 N–H and O–H groups in total. The highest BCUT2D eigenvalue weighted by Crippen LogP contribution is 2.45. The summed E-state index contributed by atoms with van der Waals surface area (Å²) in [6.07, 6.45) is 1.79. The number of rotatable bonds is 5. The summed E-state index contributed by atoms with van der Waals surface area (Å²) in [5.41, 5.74) is 6.34. The maximum atomic E-state index is 14.3. The third kappa shape index (κ3) is 3.12. The van der Waals surface area contributed by atoms with Crippen LogP contribution in [0.5, 0.6) is 5.75 Å². The second-order valence-electron chi connectivity index (χ2n) is 7.41. The van der Waals surface area contributed by atoms with Gasteiger partial charge in [-0.3, -0.25) is 9.69 Å².